The smallest absolute Gasteiger partial charge is 0.410 e. The topological polar surface area (TPSA) is 62.7 Å². The SMILES string of the molecule is CN(C(=O)c1cccnc1Cl)[C@H]1CCN(C(=O)OC(C)(C)C)C1. The molecular weight excluding hydrogens is 318 g/mol. The van der Waals surface area contributed by atoms with Gasteiger partial charge < -0.3 is 14.5 Å². The molecule has 0 spiro atoms. The third-order valence-corrected chi connectivity index (χ3v) is 3.97. The summed E-state index contributed by atoms with van der Waals surface area (Å²) in [4.78, 5) is 31.8. The number of nitrogens with zero attached hydrogens (tertiary/aromatic N) is 3. The maximum Gasteiger partial charge on any atom is 0.410 e. The van der Waals surface area contributed by atoms with Crippen molar-refractivity contribution in [2.75, 3.05) is 20.1 Å². The van der Waals surface area contributed by atoms with Crippen LogP contribution in [0.4, 0.5) is 4.79 Å². The predicted octanol–water partition coefficient (Wildman–Crippen LogP) is 2.82. The molecule has 1 aliphatic rings. The van der Waals surface area contributed by atoms with Crippen LogP contribution in [0.2, 0.25) is 5.15 Å². The fourth-order valence-electron chi connectivity index (χ4n) is 2.45. The van der Waals surface area contributed by atoms with Gasteiger partial charge in [0.1, 0.15) is 10.8 Å². The second-order valence-electron chi connectivity index (χ2n) is 6.63. The minimum Gasteiger partial charge on any atom is -0.444 e. The Hall–Kier alpha value is -1.82. The summed E-state index contributed by atoms with van der Waals surface area (Å²) in [6, 6.07) is 3.26. The average molecular weight is 340 g/mol. The van der Waals surface area contributed by atoms with Gasteiger partial charge in [0.15, 0.2) is 0 Å². The third-order valence-electron chi connectivity index (χ3n) is 3.67. The van der Waals surface area contributed by atoms with E-state index in [1.54, 1.807) is 35.2 Å². The highest BCUT2D eigenvalue weighted by atomic mass is 35.5. The van der Waals surface area contributed by atoms with Gasteiger partial charge >= 0.3 is 6.09 Å². The largest absolute Gasteiger partial charge is 0.444 e. The highest BCUT2D eigenvalue weighted by molar-refractivity contribution is 6.32. The first-order valence-corrected chi connectivity index (χ1v) is 7.92. The van der Waals surface area contributed by atoms with E-state index < -0.39 is 5.60 Å². The molecule has 0 radical (unpaired) electrons. The molecule has 0 aliphatic carbocycles. The summed E-state index contributed by atoms with van der Waals surface area (Å²) >= 11 is 5.98. The Balaban J connectivity index is 2.00. The zero-order chi connectivity index (χ0) is 17.2. The fourth-order valence-corrected chi connectivity index (χ4v) is 2.65. The molecule has 1 atom stereocenters. The molecule has 2 amide bonds. The molecule has 2 rings (SSSR count). The number of hydrogen-bond acceptors (Lipinski definition) is 4. The van der Waals surface area contributed by atoms with E-state index in [0.717, 1.165) is 0 Å². The van der Waals surface area contributed by atoms with Gasteiger partial charge in [0.2, 0.25) is 0 Å². The van der Waals surface area contributed by atoms with Crippen LogP contribution < -0.4 is 0 Å². The molecule has 7 heteroatoms. The van der Waals surface area contributed by atoms with E-state index in [-0.39, 0.29) is 23.2 Å². The molecule has 1 aliphatic heterocycles. The zero-order valence-corrected chi connectivity index (χ0v) is 14.6. The molecule has 1 fully saturated rings. The lowest BCUT2D eigenvalue weighted by atomic mass is 10.2. The van der Waals surface area contributed by atoms with E-state index in [1.165, 1.54) is 0 Å². The Morgan fingerprint density at radius 3 is 2.74 bits per heavy atom. The van der Waals surface area contributed by atoms with Crippen molar-refractivity contribution in [2.45, 2.75) is 38.8 Å². The minimum atomic E-state index is -0.528. The molecular formula is C16H22ClN3O3. The summed E-state index contributed by atoms with van der Waals surface area (Å²) in [6.07, 6.45) is 1.90. The van der Waals surface area contributed by atoms with E-state index in [9.17, 15) is 9.59 Å². The van der Waals surface area contributed by atoms with E-state index in [1.807, 2.05) is 20.8 Å². The maximum absolute atomic E-state index is 12.5. The van der Waals surface area contributed by atoms with Crippen LogP contribution in [0.3, 0.4) is 0 Å². The first-order chi connectivity index (χ1) is 10.7. The highest BCUT2D eigenvalue weighted by Crippen LogP contribution is 2.21. The lowest BCUT2D eigenvalue weighted by Crippen LogP contribution is -2.41. The van der Waals surface area contributed by atoms with Gasteiger partial charge in [-0.3, -0.25) is 4.79 Å². The molecule has 1 aromatic rings. The number of pyridine rings is 1. The quantitative estimate of drug-likeness (QED) is 0.777. The Morgan fingerprint density at radius 2 is 2.13 bits per heavy atom. The molecule has 0 aromatic carbocycles. The van der Waals surface area contributed by atoms with E-state index in [4.69, 9.17) is 16.3 Å². The Labute approximate surface area is 141 Å². The molecule has 2 heterocycles. The number of hydrogen-bond donors (Lipinski definition) is 0. The second kappa shape index (κ2) is 6.74. The highest BCUT2D eigenvalue weighted by Gasteiger charge is 2.33. The number of halogens is 1. The number of carbonyl (C=O) groups excluding carboxylic acids is 2. The van der Waals surface area contributed by atoms with Crippen LogP contribution in [-0.2, 0) is 4.74 Å². The summed E-state index contributed by atoms with van der Waals surface area (Å²) < 4.78 is 5.37. The fraction of sp³-hybridized carbons (Fsp3) is 0.562. The lowest BCUT2D eigenvalue weighted by molar-refractivity contribution is 0.0279. The van der Waals surface area contributed by atoms with Crippen molar-refractivity contribution in [1.82, 2.24) is 14.8 Å². The molecule has 1 aromatic heterocycles. The summed E-state index contributed by atoms with van der Waals surface area (Å²) in [6.45, 7) is 6.52. The van der Waals surface area contributed by atoms with E-state index in [0.29, 0.717) is 25.1 Å². The lowest BCUT2D eigenvalue weighted by Gasteiger charge is -2.27. The number of amides is 2. The van der Waals surface area contributed by atoms with Crippen LogP contribution in [0.5, 0.6) is 0 Å². The normalized spacial score (nSPS) is 18.0. The van der Waals surface area contributed by atoms with Gasteiger partial charge in [0.25, 0.3) is 5.91 Å². The number of aromatic nitrogens is 1. The maximum atomic E-state index is 12.5. The van der Waals surface area contributed by atoms with Crippen LogP contribution in [0.1, 0.15) is 37.6 Å². The van der Waals surface area contributed by atoms with Gasteiger partial charge in [0, 0.05) is 26.3 Å². The van der Waals surface area contributed by atoms with E-state index >= 15 is 0 Å². The first-order valence-electron chi connectivity index (χ1n) is 7.54. The number of ether oxygens (including phenoxy) is 1. The average Bonchev–Trinajstić information content (AvgIpc) is 2.94. The monoisotopic (exact) mass is 339 g/mol. The van der Waals surface area contributed by atoms with Crippen molar-refractivity contribution in [3.8, 4) is 0 Å². The van der Waals surface area contributed by atoms with Gasteiger partial charge in [-0.15, -0.1) is 0 Å². The van der Waals surface area contributed by atoms with Crippen molar-refractivity contribution in [3.05, 3.63) is 29.0 Å². The molecule has 0 bridgehead atoms. The van der Waals surface area contributed by atoms with Gasteiger partial charge in [0.05, 0.1) is 11.6 Å². The van der Waals surface area contributed by atoms with Crippen molar-refractivity contribution in [3.63, 3.8) is 0 Å². The third kappa shape index (κ3) is 4.34. The molecule has 6 nitrogen and oxygen atoms in total. The van der Waals surface area contributed by atoms with Crippen molar-refractivity contribution in [2.24, 2.45) is 0 Å². The minimum absolute atomic E-state index is 0.0636. The molecule has 1 saturated heterocycles. The van der Waals surface area contributed by atoms with Crippen LogP contribution in [0.15, 0.2) is 18.3 Å². The molecule has 0 N–H and O–H groups in total. The molecule has 126 valence electrons. The Morgan fingerprint density at radius 1 is 1.43 bits per heavy atom. The molecule has 0 unspecified atom stereocenters. The molecule has 23 heavy (non-hydrogen) atoms. The number of likely N-dealkylation sites (tertiary alicyclic amines) is 1. The van der Waals surface area contributed by atoms with Crippen molar-refractivity contribution < 1.29 is 14.3 Å². The van der Waals surface area contributed by atoms with E-state index in [2.05, 4.69) is 4.98 Å². The zero-order valence-electron chi connectivity index (χ0n) is 13.9. The number of rotatable bonds is 2. The van der Waals surface area contributed by atoms with Gasteiger partial charge in [-0.05, 0) is 39.3 Å². The first kappa shape index (κ1) is 17.5. The summed E-state index contributed by atoms with van der Waals surface area (Å²) in [5, 5.41) is 0.186. The number of likely N-dealkylation sites (N-methyl/N-ethyl adjacent to an activating group) is 1. The Kier molecular flexibility index (Phi) is 5.14. The van der Waals surface area contributed by atoms with Crippen LogP contribution >= 0.6 is 11.6 Å². The van der Waals surface area contributed by atoms with Gasteiger partial charge in [-0.25, -0.2) is 9.78 Å². The Bertz CT molecular complexity index is 600. The second-order valence-corrected chi connectivity index (χ2v) is 6.98. The van der Waals surface area contributed by atoms with Crippen LogP contribution in [-0.4, -0.2) is 58.6 Å². The van der Waals surface area contributed by atoms with Gasteiger partial charge in [-0.2, -0.15) is 0 Å². The van der Waals surface area contributed by atoms with Crippen molar-refractivity contribution in [1.29, 1.82) is 0 Å². The van der Waals surface area contributed by atoms with Gasteiger partial charge in [-0.1, -0.05) is 11.6 Å². The summed E-state index contributed by atoms with van der Waals surface area (Å²) in [5.74, 6) is -0.195. The predicted molar refractivity (Wildman–Crippen MR) is 87.6 cm³/mol. The molecule has 0 saturated carbocycles. The summed E-state index contributed by atoms with van der Waals surface area (Å²) in [5.41, 5.74) is -0.160. The van der Waals surface area contributed by atoms with Crippen LogP contribution in [0.25, 0.3) is 0 Å². The number of carbonyl (C=O) groups is 2. The standard InChI is InChI=1S/C16H22ClN3O3/c1-16(2,3)23-15(22)20-9-7-11(10-20)19(4)14(21)12-6-5-8-18-13(12)17/h5-6,8,11H,7,9-10H2,1-4H3/t11-/m0/s1. The van der Waals surface area contributed by atoms with Crippen molar-refractivity contribution >= 4 is 23.6 Å². The van der Waals surface area contributed by atoms with Crippen LogP contribution in [0, 0.1) is 0 Å². The summed E-state index contributed by atoms with van der Waals surface area (Å²) in [7, 11) is 1.72.